The van der Waals surface area contributed by atoms with Crippen LogP contribution in [0.3, 0.4) is 0 Å². The third-order valence-electron chi connectivity index (χ3n) is 5.26. The van der Waals surface area contributed by atoms with E-state index >= 15 is 0 Å². The molecule has 3 N–H and O–H groups in total. The van der Waals surface area contributed by atoms with Gasteiger partial charge < -0.3 is 20.7 Å². The average Bonchev–Trinajstić information content (AvgIpc) is 3.26. The topological polar surface area (TPSA) is 74.8 Å². The lowest BCUT2D eigenvalue weighted by atomic mass is 10.1. The Bertz CT molecular complexity index is 642. The van der Waals surface area contributed by atoms with Gasteiger partial charge in [0, 0.05) is 38.3 Å². The maximum atomic E-state index is 12.4. The van der Waals surface area contributed by atoms with Crippen LogP contribution in [0, 0.1) is 0 Å². The van der Waals surface area contributed by atoms with Gasteiger partial charge in [-0.15, -0.1) is 0 Å². The predicted octanol–water partition coefficient (Wildman–Crippen LogP) is 3.62. The van der Waals surface area contributed by atoms with Crippen LogP contribution in [-0.2, 0) is 11.3 Å². The van der Waals surface area contributed by atoms with Gasteiger partial charge in [-0.1, -0.05) is 44.7 Å². The molecule has 0 saturated carbocycles. The molecule has 2 rings (SSSR count). The van der Waals surface area contributed by atoms with Crippen LogP contribution in [0.4, 0.5) is 0 Å². The zero-order valence-corrected chi connectivity index (χ0v) is 18.3. The standard InChI is InChI=1S/C23H38N4O2/c1-4-5-6-7-10-18(2)27-23(24-3)26-16-19-11-8-12-20(15-19)22(28)25-17-21-13-9-14-29-21/h8,11-12,15,18,21H,4-7,9-10,13-14,16-17H2,1-3H3,(H,25,28)(H2,24,26,27). The van der Waals surface area contributed by atoms with E-state index in [4.69, 9.17) is 4.74 Å². The molecule has 1 fully saturated rings. The van der Waals surface area contributed by atoms with Crippen LogP contribution in [0.5, 0.6) is 0 Å². The number of guanidine groups is 1. The second-order valence-electron chi connectivity index (χ2n) is 7.87. The van der Waals surface area contributed by atoms with E-state index in [1.165, 1.54) is 25.7 Å². The maximum absolute atomic E-state index is 12.4. The highest BCUT2D eigenvalue weighted by Crippen LogP contribution is 2.11. The molecule has 0 spiro atoms. The summed E-state index contributed by atoms with van der Waals surface area (Å²) in [6.45, 7) is 6.42. The zero-order valence-electron chi connectivity index (χ0n) is 18.3. The van der Waals surface area contributed by atoms with Gasteiger partial charge >= 0.3 is 0 Å². The van der Waals surface area contributed by atoms with E-state index in [9.17, 15) is 4.79 Å². The molecule has 1 heterocycles. The van der Waals surface area contributed by atoms with Crippen molar-refractivity contribution in [1.82, 2.24) is 16.0 Å². The number of ether oxygens (including phenoxy) is 1. The highest BCUT2D eigenvalue weighted by atomic mass is 16.5. The minimum Gasteiger partial charge on any atom is -0.376 e. The molecule has 0 radical (unpaired) electrons. The van der Waals surface area contributed by atoms with Crippen molar-refractivity contribution in [2.45, 2.75) is 77.5 Å². The number of carbonyl (C=O) groups is 1. The first-order chi connectivity index (χ1) is 14.1. The molecule has 29 heavy (non-hydrogen) atoms. The van der Waals surface area contributed by atoms with Gasteiger partial charge in [-0.25, -0.2) is 0 Å². The largest absolute Gasteiger partial charge is 0.376 e. The van der Waals surface area contributed by atoms with Crippen LogP contribution >= 0.6 is 0 Å². The molecule has 2 atom stereocenters. The van der Waals surface area contributed by atoms with E-state index in [2.05, 4.69) is 34.8 Å². The van der Waals surface area contributed by atoms with Crippen LogP contribution < -0.4 is 16.0 Å². The van der Waals surface area contributed by atoms with E-state index < -0.39 is 0 Å². The minimum atomic E-state index is -0.0504. The predicted molar refractivity (Wildman–Crippen MR) is 119 cm³/mol. The van der Waals surface area contributed by atoms with E-state index in [0.29, 0.717) is 24.7 Å². The first-order valence-corrected chi connectivity index (χ1v) is 11.1. The molecule has 0 bridgehead atoms. The van der Waals surface area contributed by atoms with Crippen molar-refractivity contribution in [3.05, 3.63) is 35.4 Å². The van der Waals surface area contributed by atoms with Crippen LogP contribution in [-0.4, -0.2) is 44.2 Å². The Morgan fingerprint density at radius 1 is 1.28 bits per heavy atom. The lowest BCUT2D eigenvalue weighted by Gasteiger charge is -2.18. The molecule has 1 aliphatic heterocycles. The first kappa shape index (κ1) is 23.2. The smallest absolute Gasteiger partial charge is 0.251 e. The highest BCUT2D eigenvalue weighted by molar-refractivity contribution is 5.94. The highest BCUT2D eigenvalue weighted by Gasteiger charge is 2.16. The molecule has 0 aromatic heterocycles. The fraction of sp³-hybridized carbons (Fsp3) is 0.652. The number of rotatable bonds is 11. The summed E-state index contributed by atoms with van der Waals surface area (Å²) < 4.78 is 5.56. The van der Waals surface area contributed by atoms with Gasteiger partial charge in [0.2, 0.25) is 0 Å². The van der Waals surface area contributed by atoms with E-state index in [-0.39, 0.29) is 12.0 Å². The van der Waals surface area contributed by atoms with Gasteiger partial charge in [-0.3, -0.25) is 9.79 Å². The molecule has 1 saturated heterocycles. The summed E-state index contributed by atoms with van der Waals surface area (Å²) in [5, 5.41) is 9.78. The normalized spacial score (nSPS) is 17.8. The molecular weight excluding hydrogens is 364 g/mol. The number of aliphatic imine (C=N–C) groups is 1. The van der Waals surface area contributed by atoms with Crippen LogP contribution in [0.25, 0.3) is 0 Å². The number of carbonyl (C=O) groups excluding carboxylic acids is 1. The van der Waals surface area contributed by atoms with E-state index in [1.54, 1.807) is 7.05 Å². The summed E-state index contributed by atoms with van der Waals surface area (Å²) in [7, 11) is 1.79. The monoisotopic (exact) mass is 402 g/mol. The molecule has 1 aromatic carbocycles. The maximum Gasteiger partial charge on any atom is 0.251 e. The molecule has 1 aromatic rings. The summed E-state index contributed by atoms with van der Waals surface area (Å²) >= 11 is 0. The third-order valence-corrected chi connectivity index (χ3v) is 5.26. The summed E-state index contributed by atoms with van der Waals surface area (Å²) in [5.74, 6) is 0.742. The molecule has 1 aliphatic rings. The van der Waals surface area contributed by atoms with Crippen LogP contribution in [0.2, 0.25) is 0 Å². The van der Waals surface area contributed by atoms with Crippen molar-refractivity contribution in [1.29, 1.82) is 0 Å². The van der Waals surface area contributed by atoms with Gasteiger partial charge in [-0.05, 0) is 43.9 Å². The van der Waals surface area contributed by atoms with Crippen molar-refractivity contribution in [3.8, 4) is 0 Å². The Morgan fingerprint density at radius 3 is 2.86 bits per heavy atom. The Kier molecular flexibility index (Phi) is 10.6. The molecule has 0 aliphatic carbocycles. The molecule has 6 nitrogen and oxygen atoms in total. The summed E-state index contributed by atoms with van der Waals surface area (Å²) in [5.41, 5.74) is 1.72. The number of unbranched alkanes of at least 4 members (excludes halogenated alkanes) is 3. The zero-order chi connectivity index (χ0) is 20.9. The second-order valence-corrected chi connectivity index (χ2v) is 7.87. The fourth-order valence-electron chi connectivity index (χ4n) is 3.50. The summed E-state index contributed by atoms with van der Waals surface area (Å²) in [6, 6.07) is 8.10. The van der Waals surface area contributed by atoms with Gasteiger partial charge in [0.25, 0.3) is 5.91 Å². The molecule has 1 amide bonds. The number of nitrogens with one attached hydrogen (secondary N) is 3. The van der Waals surface area contributed by atoms with Gasteiger partial charge in [0.15, 0.2) is 5.96 Å². The van der Waals surface area contributed by atoms with Crippen molar-refractivity contribution >= 4 is 11.9 Å². The number of hydrogen-bond donors (Lipinski definition) is 3. The van der Waals surface area contributed by atoms with Crippen molar-refractivity contribution < 1.29 is 9.53 Å². The van der Waals surface area contributed by atoms with Crippen LogP contribution in [0.1, 0.15) is 74.7 Å². The SMILES string of the molecule is CCCCCCC(C)NC(=NC)NCc1cccc(C(=O)NCC2CCCO2)c1. The number of hydrogen-bond acceptors (Lipinski definition) is 3. The van der Waals surface area contributed by atoms with E-state index in [1.807, 2.05) is 24.3 Å². The van der Waals surface area contributed by atoms with Crippen molar-refractivity contribution in [2.75, 3.05) is 20.2 Å². The van der Waals surface area contributed by atoms with Gasteiger partial charge in [0.1, 0.15) is 0 Å². The van der Waals surface area contributed by atoms with Crippen LogP contribution in [0.15, 0.2) is 29.3 Å². The van der Waals surface area contributed by atoms with Gasteiger partial charge in [0.05, 0.1) is 6.10 Å². The lowest BCUT2D eigenvalue weighted by molar-refractivity contribution is 0.0857. The fourth-order valence-corrected chi connectivity index (χ4v) is 3.50. The Morgan fingerprint density at radius 2 is 2.14 bits per heavy atom. The molecule has 2 unspecified atom stereocenters. The molecule has 162 valence electrons. The Hall–Kier alpha value is -2.08. The van der Waals surface area contributed by atoms with Crippen molar-refractivity contribution in [2.24, 2.45) is 4.99 Å². The van der Waals surface area contributed by atoms with E-state index in [0.717, 1.165) is 37.4 Å². The van der Waals surface area contributed by atoms with Crippen molar-refractivity contribution in [3.63, 3.8) is 0 Å². The number of nitrogens with zero attached hydrogens (tertiary/aromatic N) is 1. The minimum absolute atomic E-state index is 0.0504. The Balaban J connectivity index is 1.76. The lowest BCUT2D eigenvalue weighted by Crippen LogP contribution is -2.41. The summed E-state index contributed by atoms with van der Waals surface area (Å²) in [6.07, 6.45) is 8.48. The number of benzene rings is 1. The first-order valence-electron chi connectivity index (χ1n) is 11.1. The second kappa shape index (κ2) is 13.2. The Labute approximate surface area is 175 Å². The summed E-state index contributed by atoms with van der Waals surface area (Å²) in [4.78, 5) is 16.7. The molecular formula is C23H38N4O2. The number of amides is 1. The third kappa shape index (κ3) is 8.86. The molecule has 6 heteroatoms. The quantitative estimate of drug-likeness (QED) is 0.300. The average molecular weight is 403 g/mol. The van der Waals surface area contributed by atoms with Gasteiger partial charge in [-0.2, -0.15) is 0 Å².